The third kappa shape index (κ3) is 6.80. The number of unbranched alkanes of at least 4 members (excludes halogenated alkanes) is 2. The van der Waals surface area contributed by atoms with Crippen LogP contribution in [0.15, 0.2) is 4.99 Å². The van der Waals surface area contributed by atoms with Gasteiger partial charge in [0.2, 0.25) is 0 Å². The number of nitrogens with one attached hydrogen (secondary N) is 1. The zero-order valence-corrected chi connectivity index (χ0v) is 13.6. The predicted octanol–water partition coefficient (Wildman–Crippen LogP) is 1.26. The molecule has 0 aliphatic carbocycles. The van der Waals surface area contributed by atoms with Crippen LogP contribution in [0.25, 0.3) is 0 Å². The highest BCUT2D eigenvalue weighted by molar-refractivity contribution is 5.80. The molecule has 1 saturated heterocycles. The Morgan fingerprint density at radius 1 is 1.33 bits per heavy atom. The van der Waals surface area contributed by atoms with Crippen molar-refractivity contribution in [2.24, 2.45) is 10.9 Å². The van der Waals surface area contributed by atoms with Gasteiger partial charge >= 0.3 is 5.97 Å². The van der Waals surface area contributed by atoms with Crippen LogP contribution in [0, 0.1) is 5.92 Å². The number of hydrogen-bond acceptors (Lipinski definition) is 4. The molecular formula is C15H29N3O3. The monoisotopic (exact) mass is 299 g/mol. The molecule has 1 N–H and O–H groups in total. The van der Waals surface area contributed by atoms with Crippen molar-refractivity contribution < 1.29 is 14.3 Å². The number of nitrogens with zero attached hydrogens (tertiary/aromatic N) is 2. The second-order valence-electron chi connectivity index (χ2n) is 5.42. The molecule has 1 aliphatic heterocycles. The number of hydrogen-bond donors (Lipinski definition) is 1. The van der Waals surface area contributed by atoms with Crippen molar-refractivity contribution in [3.63, 3.8) is 0 Å². The molecule has 122 valence electrons. The molecule has 1 fully saturated rings. The maximum atomic E-state index is 11.0. The largest absolute Gasteiger partial charge is 0.469 e. The molecule has 0 aromatic rings. The lowest BCUT2D eigenvalue weighted by Gasteiger charge is -2.21. The smallest absolute Gasteiger partial charge is 0.305 e. The summed E-state index contributed by atoms with van der Waals surface area (Å²) in [6.07, 6.45) is 4.60. The number of rotatable bonds is 8. The van der Waals surface area contributed by atoms with E-state index in [9.17, 15) is 4.79 Å². The Morgan fingerprint density at radius 2 is 2.14 bits per heavy atom. The molecule has 21 heavy (non-hydrogen) atoms. The molecule has 1 unspecified atom stereocenters. The molecule has 1 heterocycles. The first-order chi connectivity index (χ1) is 10.2. The summed E-state index contributed by atoms with van der Waals surface area (Å²) in [4.78, 5) is 17.6. The van der Waals surface area contributed by atoms with Gasteiger partial charge in [-0.25, -0.2) is 0 Å². The summed E-state index contributed by atoms with van der Waals surface area (Å²) < 4.78 is 9.84. The lowest BCUT2D eigenvalue weighted by Crippen LogP contribution is -2.40. The number of methoxy groups -OCH3 is 2. The summed E-state index contributed by atoms with van der Waals surface area (Å²) in [5.41, 5.74) is 0. The second-order valence-corrected chi connectivity index (χ2v) is 5.42. The van der Waals surface area contributed by atoms with E-state index in [2.05, 4.69) is 19.9 Å². The Hall–Kier alpha value is -1.30. The first-order valence-corrected chi connectivity index (χ1v) is 7.72. The Kier molecular flexibility index (Phi) is 8.82. The number of ether oxygens (including phenoxy) is 2. The maximum absolute atomic E-state index is 11.0. The van der Waals surface area contributed by atoms with Gasteiger partial charge in [0.1, 0.15) is 0 Å². The molecule has 0 aromatic carbocycles. The number of likely N-dealkylation sites (tertiary alicyclic amines) is 1. The topological polar surface area (TPSA) is 63.2 Å². The summed E-state index contributed by atoms with van der Waals surface area (Å²) in [7, 11) is 5.01. The predicted molar refractivity (Wildman–Crippen MR) is 83.4 cm³/mol. The van der Waals surface area contributed by atoms with Gasteiger partial charge < -0.3 is 19.7 Å². The Labute approximate surface area is 127 Å². The molecule has 6 heteroatoms. The van der Waals surface area contributed by atoms with Crippen LogP contribution in [-0.4, -0.2) is 64.3 Å². The van der Waals surface area contributed by atoms with E-state index in [1.807, 2.05) is 7.05 Å². The highest BCUT2D eigenvalue weighted by Crippen LogP contribution is 2.16. The number of carbonyl (C=O) groups is 1. The minimum atomic E-state index is -0.125. The fourth-order valence-electron chi connectivity index (χ4n) is 2.60. The number of esters is 1. The van der Waals surface area contributed by atoms with E-state index in [0.717, 1.165) is 57.9 Å². The summed E-state index contributed by atoms with van der Waals surface area (Å²) in [5.74, 6) is 1.45. The van der Waals surface area contributed by atoms with Crippen LogP contribution >= 0.6 is 0 Å². The van der Waals surface area contributed by atoms with Crippen LogP contribution in [0.2, 0.25) is 0 Å². The molecular weight excluding hydrogens is 270 g/mol. The third-order valence-corrected chi connectivity index (χ3v) is 3.77. The van der Waals surface area contributed by atoms with Crippen molar-refractivity contribution in [1.82, 2.24) is 10.2 Å². The van der Waals surface area contributed by atoms with E-state index in [1.165, 1.54) is 7.11 Å². The van der Waals surface area contributed by atoms with Crippen LogP contribution in [-0.2, 0) is 14.3 Å². The van der Waals surface area contributed by atoms with Gasteiger partial charge in [0.15, 0.2) is 5.96 Å². The van der Waals surface area contributed by atoms with E-state index in [0.29, 0.717) is 12.3 Å². The fourth-order valence-corrected chi connectivity index (χ4v) is 2.60. The van der Waals surface area contributed by atoms with Gasteiger partial charge in [0.25, 0.3) is 0 Å². The van der Waals surface area contributed by atoms with E-state index < -0.39 is 0 Å². The van der Waals surface area contributed by atoms with Gasteiger partial charge in [0.05, 0.1) is 13.7 Å². The number of aliphatic imine (C=N–C) groups is 1. The van der Waals surface area contributed by atoms with Gasteiger partial charge in [-0.2, -0.15) is 0 Å². The Balaban J connectivity index is 2.13. The van der Waals surface area contributed by atoms with Crippen LogP contribution in [0.3, 0.4) is 0 Å². The average Bonchev–Trinajstić information content (AvgIpc) is 2.95. The average molecular weight is 299 g/mol. The first kappa shape index (κ1) is 17.8. The van der Waals surface area contributed by atoms with Gasteiger partial charge in [-0.3, -0.25) is 9.79 Å². The lowest BCUT2D eigenvalue weighted by molar-refractivity contribution is -0.140. The third-order valence-electron chi connectivity index (χ3n) is 3.77. The SMILES string of the molecule is CN=C(NCCCCCC(=O)OC)N1CCC(COC)C1. The molecule has 1 aliphatic rings. The number of guanidine groups is 1. The van der Waals surface area contributed by atoms with Crippen molar-refractivity contribution in [1.29, 1.82) is 0 Å². The molecule has 0 spiro atoms. The zero-order chi connectivity index (χ0) is 15.5. The Morgan fingerprint density at radius 3 is 2.81 bits per heavy atom. The molecule has 0 saturated carbocycles. The number of carbonyl (C=O) groups excluding carboxylic acids is 1. The Bertz CT molecular complexity index is 334. The van der Waals surface area contributed by atoms with Crippen LogP contribution < -0.4 is 5.32 Å². The molecule has 0 amide bonds. The molecule has 6 nitrogen and oxygen atoms in total. The molecule has 0 radical (unpaired) electrons. The highest BCUT2D eigenvalue weighted by Gasteiger charge is 2.24. The molecule has 1 rings (SSSR count). The fraction of sp³-hybridized carbons (Fsp3) is 0.867. The summed E-state index contributed by atoms with van der Waals surface area (Å²) in [6, 6.07) is 0. The normalized spacial score (nSPS) is 18.9. The van der Waals surface area contributed by atoms with E-state index in [-0.39, 0.29) is 5.97 Å². The maximum Gasteiger partial charge on any atom is 0.305 e. The van der Waals surface area contributed by atoms with Gasteiger partial charge in [-0.05, 0) is 19.3 Å². The zero-order valence-electron chi connectivity index (χ0n) is 13.6. The van der Waals surface area contributed by atoms with Crippen molar-refractivity contribution in [2.45, 2.75) is 32.1 Å². The lowest BCUT2D eigenvalue weighted by atomic mass is 10.1. The van der Waals surface area contributed by atoms with E-state index >= 15 is 0 Å². The van der Waals surface area contributed by atoms with Gasteiger partial charge in [-0.15, -0.1) is 0 Å². The van der Waals surface area contributed by atoms with Crippen LogP contribution in [0.5, 0.6) is 0 Å². The summed E-state index contributed by atoms with van der Waals surface area (Å²) in [6.45, 7) is 3.76. The van der Waals surface area contributed by atoms with Gasteiger partial charge in [0, 0.05) is 46.1 Å². The minimum absolute atomic E-state index is 0.125. The van der Waals surface area contributed by atoms with Crippen molar-refractivity contribution >= 4 is 11.9 Å². The van der Waals surface area contributed by atoms with E-state index in [4.69, 9.17) is 4.74 Å². The minimum Gasteiger partial charge on any atom is -0.469 e. The highest BCUT2D eigenvalue weighted by atomic mass is 16.5. The van der Waals surface area contributed by atoms with Crippen molar-refractivity contribution in [3.8, 4) is 0 Å². The molecule has 0 aromatic heterocycles. The molecule has 1 atom stereocenters. The summed E-state index contributed by atoms with van der Waals surface area (Å²) in [5, 5.41) is 3.40. The van der Waals surface area contributed by atoms with Crippen LogP contribution in [0.1, 0.15) is 32.1 Å². The molecule has 0 bridgehead atoms. The quantitative estimate of drug-likeness (QED) is 0.316. The van der Waals surface area contributed by atoms with Crippen molar-refractivity contribution in [3.05, 3.63) is 0 Å². The first-order valence-electron chi connectivity index (χ1n) is 7.72. The van der Waals surface area contributed by atoms with E-state index in [1.54, 1.807) is 7.11 Å². The summed E-state index contributed by atoms with van der Waals surface area (Å²) >= 11 is 0. The second kappa shape index (κ2) is 10.4. The van der Waals surface area contributed by atoms with Gasteiger partial charge in [-0.1, -0.05) is 6.42 Å². The standard InChI is InChI=1S/C15H29N3O3/c1-16-15(18-10-8-13(11-18)12-20-2)17-9-6-4-5-7-14(19)21-3/h13H,4-12H2,1-3H3,(H,16,17). The van der Waals surface area contributed by atoms with Crippen LogP contribution in [0.4, 0.5) is 0 Å². The van der Waals surface area contributed by atoms with Crippen molar-refractivity contribution in [2.75, 3.05) is 47.5 Å².